The smallest absolute Gasteiger partial charge is 0.130 e. The zero-order valence-electron chi connectivity index (χ0n) is 6.60. The topological polar surface area (TPSA) is 38.4 Å². The second kappa shape index (κ2) is 2.29. The Hall–Kier alpha value is -1.05. The Labute approximate surface area is 62.6 Å². The van der Waals surface area contributed by atoms with Crippen molar-refractivity contribution in [2.24, 2.45) is 10.7 Å². The Balaban J connectivity index is 0.000001000. The molecule has 1 aliphatic heterocycles. The molecule has 1 rings (SSSR count). The maximum Gasteiger partial charge on any atom is 0.130 e. The molecule has 0 saturated carbocycles. The molecule has 0 spiro atoms. The lowest BCUT2D eigenvalue weighted by Gasteiger charge is -2.01. The van der Waals surface area contributed by atoms with Crippen molar-refractivity contribution in [2.75, 3.05) is 0 Å². The zero-order valence-corrected chi connectivity index (χ0v) is 6.60. The van der Waals surface area contributed by atoms with Crippen LogP contribution in [-0.2, 0) is 0 Å². The summed E-state index contributed by atoms with van der Waals surface area (Å²) in [5.74, 6) is 0.650. The lowest BCUT2D eigenvalue weighted by molar-refractivity contribution is 1.31. The van der Waals surface area contributed by atoms with Gasteiger partial charge in [-0.05, 0) is 26.3 Å². The van der Waals surface area contributed by atoms with Gasteiger partial charge in [0.15, 0.2) is 0 Å². The Morgan fingerprint density at radius 1 is 1.60 bits per heavy atom. The number of nitrogens with two attached hydrogens (primary N) is 1. The molecule has 1 aliphatic rings. The second-order valence-electron chi connectivity index (χ2n) is 2.70. The summed E-state index contributed by atoms with van der Waals surface area (Å²) in [6, 6.07) is 0. The predicted molar refractivity (Wildman–Crippen MR) is 45.9 cm³/mol. The van der Waals surface area contributed by atoms with E-state index in [1.807, 2.05) is 20.8 Å². The van der Waals surface area contributed by atoms with E-state index in [9.17, 15) is 0 Å². The van der Waals surface area contributed by atoms with Crippen LogP contribution in [0.15, 0.2) is 27.9 Å². The van der Waals surface area contributed by atoms with Crippen LogP contribution in [0.3, 0.4) is 0 Å². The second-order valence-corrected chi connectivity index (χ2v) is 2.70. The molecule has 0 unspecified atom stereocenters. The molecule has 0 saturated heterocycles. The molecule has 2 N–H and O–H groups in total. The number of rotatable bonds is 0. The molecule has 0 atom stereocenters. The third kappa shape index (κ3) is 0.967. The third-order valence-corrected chi connectivity index (χ3v) is 1.55. The Morgan fingerprint density at radius 3 is 2.40 bits per heavy atom. The highest BCUT2D eigenvalue weighted by molar-refractivity contribution is 6.03. The van der Waals surface area contributed by atoms with E-state index in [0.717, 1.165) is 11.1 Å². The molecule has 0 aromatic rings. The molecule has 0 radical (unpaired) electrons. The minimum Gasteiger partial charge on any atom is -0.383 e. The van der Waals surface area contributed by atoms with Gasteiger partial charge in [-0.15, -0.1) is 0 Å². The fraction of sp³-hybridized carbons (Fsp3) is 0.375. The number of nitrogens with zero attached hydrogens (tertiary/aromatic N) is 1. The van der Waals surface area contributed by atoms with Crippen molar-refractivity contribution < 1.29 is 1.43 Å². The lowest BCUT2D eigenvalue weighted by atomic mass is 10.1. The highest BCUT2D eigenvalue weighted by atomic mass is 14.9. The standard InChI is InChI=1S/C8H12N2.H2/c1-5(2)7-6(3)4-10-8(7)9;/h4H,1-3H3,(H2,9,10);1H. The maximum absolute atomic E-state index is 5.61. The fourth-order valence-corrected chi connectivity index (χ4v) is 1.15. The summed E-state index contributed by atoms with van der Waals surface area (Å²) in [7, 11) is 0. The summed E-state index contributed by atoms with van der Waals surface area (Å²) in [5, 5.41) is 0. The van der Waals surface area contributed by atoms with Crippen molar-refractivity contribution in [2.45, 2.75) is 20.8 Å². The van der Waals surface area contributed by atoms with Crippen LogP contribution in [0.4, 0.5) is 0 Å². The Morgan fingerprint density at radius 2 is 2.20 bits per heavy atom. The van der Waals surface area contributed by atoms with E-state index in [-0.39, 0.29) is 1.43 Å². The van der Waals surface area contributed by atoms with Crippen LogP contribution in [0.1, 0.15) is 22.2 Å². The van der Waals surface area contributed by atoms with Gasteiger partial charge in [-0.2, -0.15) is 0 Å². The first-order valence-corrected chi connectivity index (χ1v) is 3.31. The minimum atomic E-state index is 0. The van der Waals surface area contributed by atoms with Crippen molar-refractivity contribution in [1.82, 2.24) is 0 Å². The van der Waals surface area contributed by atoms with E-state index < -0.39 is 0 Å². The average molecular weight is 138 g/mol. The van der Waals surface area contributed by atoms with Crippen LogP contribution >= 0.6 is 0 Å². The van der Waals surface area contributed by atoms with E-state index in [1.165, 1.54) is 5.57 Å². The summed E-state index contributed by atoms with van der Waals surface area (Å²) in [5.41, 5.74) is 9.12. The molecular formula is C8H14N2. The van der Waals surface area contributed by atoms with Crippen molar-refractivity contribution in [3.05, 3.63) is 22.9 Å². The average Bonchev–Trinajstić information content (AvgIpc) is 2.11. The molecule has 10 heavy (non-hydrogen) atoms. The van der Waals surface area contributed by atoms with Crippen molar-refractivity contribution >= 4 is 5.84 Å². The van der Waals surface area contributed by atoms with Gasteiger partial charge in [0.25, 0.3) is 0 Å². The van der Waals surface area contributed by atoms with Gasteiger partial charge in [0.05, 0.1) is 0 Å². The van der Waals surface area contributed by atoms with Gasteiger partial charge in [0.2, 0.25) is 0 Å². The first-order valence-electron chi connectivity index (χ1n) is 3.31. The van der Waals surface area contributed by atoms with E-state index in [4.69, 9.17) is 5.73 Å². The molecule has 2 heteroatoms. The molecule has 1 heterocycles. The normalized spacial score (nSPS) is 16.9. The molecule has 0 bridgehead atoms. The Kier molecular flexibility index (Phi) is 1.62. The number of hydrogen-bond donors (Lipinski definition) is 1. The molecule has 2 nitrogen and oxygen atoms in total. The van der Waals surface area contributed by atoms with E-state index in [0.29, 0.717) is 5.84 Å². The molecular weight excluding hydrogens is 124 g/mol. The molecule has 0 amide bonds. The van der Waals surface area contributed by atoms with Gasteiger partial charge in [0, 0.05) is 13.2 Å². The summed E-state index contributed by atoms with van der Waals surface area (Å²) in [6.45, 7) is 6.10. The van der Waals surface area contributed by atoms with Crippen LogP contribution in [0, 0.1) is 0 Å². The SMILES string of the molecule is CC1=CN=C(N)C1=C(C)C.[HH]. The minimum absolute atomic E-state index is 0. The highest BCUT2D eigenvalue weighted by Gasteiger charge is 2.11. The molecule has 56 valence electrons. The number of hydrogen-bond acceptors (Lipinski definition) is 2. The molecule has 0 aromatic heterocycles. The van der Waals surface area contributed by atoms with Crippen LogP contribution < -0.4 is 5.73 Å². The molecule has 0 fully saturated rings. The number of amidine groups is 1. The lowest BCUT2D eigenvalue weighted by Crippen LogP contribution is -2.12. The Bertz CT molecular complexity index is 225. The van der Waals surface area contributed by atoms with Gasteiger partial charge >= 0.3 is 0 Å². The first-order chi connectivity index (χ1) is 4.63. The summed E-state index contributed by atoms with van der Waals surface area (Å²) in [6.07, 6.45) is 1.80. The summed E-state index contributed by atoms with van der Waals surface area (Å²) < 4.78 is 0. The maximum atomic E-state index is 5.61. The van der Waals surface area contributed by atoms with E-state index in [1.54, 1.807) is 6.20 Å². The third-order valence-electron chi connectivity index (χ3n) is 1.55. The monoisotopic (exact) mass is 138 g/mol. The van der Waals surface area contributed by atoms with E-state index >= 15 is 0 Å². The van der Waals surface area contributed by atoms with Gasteiger partial charge in [-0.1, -0.05) is 5.57 Å². The zero-order chi connectivity index (χ0) is 7.72. The van der Waals surface area contributed by atoms with Gasteiger partial charge < -0.3 is 5.73 Å². The molecule has 0 aromatic carbocycles. The van der Waals surface area contributed by atoms with Gasteiger partial charge in [-0.3, -0.25) is 0 Å². The fourth-order valence-electron chi connectivity index (χ4n) is 1.15. The van der Waals surface area contributed by atoms with Gasteiger partial charge in [0.1, 0.15) is 5.84 Å². The van der Waals surface area contributed by atoms with Crippen LogP contribution in [0.5, 0.6) is 0 Å². The summed E-state index contributed by atoms with van der Waals surface area (Å²) >= 11 is 0. The highest BCUT2D eigenvalue weighted by Crippen LogP contribution is 2.19. The quantitative estimate of drug-likeness (QED) is 0.545. The van der Waals surface area contributed by atoms with Crippen LogP contribution in [-0.4, -0.2) is 5.84 Å². The van der Waals surface area contributed by atoms with Crippen molar-refractivity contribution in [3.63, 3.8) is 0 Å². The number of allylic oxidation sites excluding steroid dienone is 1. The van der Waals surface area contributed by atoms with E-state index in [2.05, 4.69) is 4.99 Å². The molecule has 0 aliphatic carbocycles. The summed E-state index contributed by atoms with van der Waals surface area (Å²) in [4.78, 5) is 3.99. The first kappa shape index (κ1) is 7.06. The predicted octanol–water partition coefficient (Wildman–Crippen LogP) is 1.84. The number of aliphatic imine (C=N–C) groups is 1. The van der Waals surface area contributed by atoms with Crippen molar-refractivity contribution in [1.29, 1.82) is 0 Å². The van der Waals surface area contributed by atoms with Crippen molar-refractivity contribution in [3.8, 4) is 0 Å². The van der Waals surface area contributed by atoms with Crippen LogP contribution in [0.2, 0.25) is 0 Å². The van der Waals surface area contributed by atoms with Crippen LogP contribution in [0.25, 0.3) is 0 Å². The van der Waals surface area contributed by atoms with Gasteiger partial charge in [-0.25, -0.2) is 4.99 Å². The largest absolute Gasteiger partial charge is 0.383 e.